The molecule has 1 aliphatic rings. The van der Waals surface area contributed by atoms with Crippen LogP contribution in [0.4, 0.5) is 0 Å². The summed E-state index contributed by atoms with van der Waals surface area (Å²) in [6.07, 6.45) is 1.18. The van der Waals surface area contributed by atoms with Crippen molar-refractivity contribution in [2.75, 3.05) is 13.2 Å². The second-order valence-corrected chi connectivity index (χ2v) is 4.20. The van der Waals surface area contributed by atoms with Gasteiger partial charge in [0.1, 0.15) is 0 Å². The highest BCUT2D eigenvalue weighted by molar-refractivity contribution is 5.25. The lowest BCUT2D eigenvalue weighted by atomic mass is 10.1. The van der Waals surface area contributed by atoms with Gasteiger partial charge in [0.25, 0.3) is 0 Å². The summed E-state index contributed by atoms with van der Waals surface area (Å²) in [7, 11) is 0. The average Bonchev–Trinajstić information content (AvgIpc) is 3.10. The van der Waals surface area contributed by atoms with Gasteiger partial charge < -0.3 is 9.47 Å². The summed E-state index contributed by atoms with van der Waals surface area (Å²) in [6.45, 7) is 5.49. The standard InChI is InChI=1S/C14H20O2/c1-3-15-14(16-4-2)13-10-12(13)11-8-6-5-7-9-11/h5-9,12-14H,3-4,10H2,1-2H3. The number of rotatable bonds is 6. The van der Waals surface area contributed by atoms with Crippen LogP contribution in [0.2, 0.25) is 0 Å². The smallest absolute Gasteiger partial charge is 0.160 e. The molecule has 1 fully saturated rings. The molecule has 0 bridgehead atoms. The Balaban J connectivity index is 1.93. The number of benzene rings is 1. The lowest BCUT2D eigenvalue weighted by molar-refractivity contribution is -0.149. The van der Waals surface area contributed by atoms with Gasteiger partial charge in [-0.3, -0.25) is 0 Å². The van der Waals surface area contributed by atoms with Crippen LogP contribution in [-0.2, 0) is 9.47 Å². The second kappa shape index (κ2) is 5.46. The summed E-state index contributed by atoms with van der Waals surface area (Å²) in [5.41, 5.74) is 1.41. The van der Waals surface area contributed by atoms with E-state index < -0.39 is 0 Å². The van der Waals surface area contributed by atoms with Gasteiger partial charge in [-0.15, -0.1) is 0 Å². The molecular weight excluding hydrogens is 200 g/mol. The molecule has 1 aromatic carbocycles. The zero-order valence-electron chi connectivity index (χ0n) is 10.1. The van der Waals surface area contributed by atoms with E-state index in [-0.39, 0.29) is 6.29 Å². The van der Waals surface area contributed by atoms with Crippen molar-refractivity contribution in [3.63, 3.8) is 0 Å². The molecule has 2 unspecified atom stereocenters. The van der Waals surface area contributed by atoms with Crippen LogP contribution in [-0.4, -0.2) is 19.5 Å². The molecular formula is C14H20O2. The monoisotopic (exact) mass is 220 g/mol. The van der Waals surface area contributed by atoms with Crippen molar-refractivity contribution >= 4 is 0 Å². The average molecular weight is 220 g/mol. The van der Waals surface area contributed by atoms with E-state index in [0.717, 1.165) is 13.2 Å². The van der Waals surface area contributed by atoms with Gasteiger partial charge in [0.15, 0.2) is 6.29 Å². The first-order chi connectivity index (χ1) is 7.86. The Morgan fingerprint density at radius 1 is 1.12 bits per heavy atom. The predicted octanol–water partition coefficient (Wildman–Crippen LogP) is 3.19. The Morgan fingerprint density at radius 3 is 2.31 bits per heavy atom. The third kappa shape index (κ3) is 2.63. The molecule has 2 heteroatoms. The number of hydrogen-bond acceptors (Lipinski definition) is 2. The van der Waals surface area contributed by atoms with E-state index in [9.17, 15) is 0 Å². The van der Waals surface area contributed by atoms with Crippen molar-refractivity contribution in [3.05, 3.63) is 35.9 Å². The Hall–Kier alpha value is -0.860. The van der Waals surface area contributed by atoms with Crippen LogP contribution in [0, 0.1) is 5.92 Å². The van der Waals surface area contributed by atoms with Gasteiger partial charge in [-0.1, -0.05) is 30.3 Å². The van der Waals surface area contributed by atoms with Gasteiger partial charge in [0, 0.05) is 19.1 Å². The minimum absolute atomic E-state index is 0.0137. The van der Waals surface area contributed by atoms with Crippen LogP contribution in [0.5, 0.6) is 0 Å². The van der Waals surface area contributed by atoms with E-state index in [0.29, 0.717) is 11.8 Å². The molecule has 0 N–H and O–H groups in total. The number of hydrogen-bond donors (Lipinski definition) is 0. The fourth-order valence-corrected chi connectivity index (χ4v) is 2.22. The zero-order chi connectivity index (χ0) is 11.4. The summed E-state index contributed by atoms with van der Waals surface area (Å²) in [5.74, 6) is 1.17. The summed E-state index contributed by atoms with van der Waals surface area (Å²) in [5, 5.41) is 0. The second-order valence-electron chi connectivity index (χ2n) is 4.20. The van der Waals surface area contributed by atoms with E-state index in [4.69, 9.17) is 9.47 Å². The van der Waals surface area contributed by atoms with E-state index in [1.54, 1.807) is 0 Å². The van der Waals surface area contributed by atoms with Crippen LogP contribution in [0.25, 0.3) is 0 Å². The minimum atomic E-state index is -0.0137. The predicted molar refractivity (Wildman–Crippen MR) is 64.3 cm³/mol. The lowest BCUT2D eigenvalue weighted by Crippen LogP contribution is -2.20. The fraction of sp³-hybridized carbons (Fsp3) is 0.571. The van der Waals surface area contributed by atoms with Gasteiger partial charge in [-0.05, 0) is 31.7 Å². The summed E-state index contributed by atoms with van der Waals surface area (Å²) in [6, 6.07) is 10.6. The normalized spacial score (nSPS) is 23.7. The van der Waals surface area contributed by atoms with Crippen LogP contribution in [0.1, 0.15) is 31.7 Å². The van der Waals surface area contributed by atoms with Crippen LogP contribution in [0.15, 0.2) is 30.3 Å². The first-order valence-electron chi connectivity index (χ1n) is 6.15. The molecule has 1 aliphatic carbocycles. The molecule has 1 saturated carbocycles. The molecule has 0 aromatic heterocycles. The molecule has 88 valence electrons. The molecule has 2 atom stereocenters. The molecule has 0 amide bonds. The minimum Gasteiger partial charge on any atom is -0.353 e. The lowest BCUT2D eigenvalue weighted by Gasteiger charge is -2.16. The van der Waals surface area contributed by atoms with Crippen molar-refractivity contribution < 1.29 is 9.47 Å². The van der Waals surface area contributed by atoms with Crippen molar-refractivity contribution in [2.45, 2.75) is 32.5 Å². The van der Waals surface area contributed by atoms with Crippen molar-refractivity contribution in [1.82, 2.24) is 0 Å². The maximum Gasteiger partial charge on any atom is 0.160 e. The van der Waals surface area contributed by atoms with Crippen molar-refractivity contribution in [2.24, 2.45) is 5.92 Å². The fourth-order valence-electron chi connectivity index (χ4n) is 2.22. The van der Waals surface area contributed by atoms with Gasteiger partial charge in [-0.2, -0.15) is 0 Å². The highest BCUT2D eigenvalue weighted by Gasteiger charge is 2.44. The van der Waals surface area contributed by atoms with Crippen LogP contribution < -0.4 is 0 Å². The summed E-state index contributed by atoms with van der Waals surface area (Å²) >= 11 is 0. The molecule has 0 aliphatic heterocycles. The van der Waals surface area contributed by atoms with Gasteiger partial charge in [0.2, 0.25) is 0 Å². The topological polar surface area (TPSA) is 18.5 Å². The molecule has 2 rings (SSSR count). The molecule has 0 saturated heterocycles. The zero-order valence-corrected chi connectivity index (χ0v) is 10.1. The summed E-state index contributed by atoms with van der Waals surface area (Å²) < 4.78 is 11.3. The molecule has 1 aromatic rings. The highest BCUT2D eigenvalue weighted by atomic mass is 16.7. The third-order valence-corrected chi connectivity index (χ3v) is 3.08. The molecule has 0 radical (unpaired) electrons. The molecule has 16 heavy (non-hydrogen) atoms. The van der Waals surface area contributed by atoms with Crippen LogP contribution in [0.3, 0.4) is 0 Å². The Bertz CT molecular complexity index is 304. The molecule has 0 heterocycles. The van der Waals surface area contributed by atoms with E-state index in [2.05, 4.69) is 30.3 Å². The quantitative estimate of drug-likeness (QED) is 0.685. The first-order valence-corrected chi connectivity index (χ1v) is 6.15. The van der Waals surface area contributed by atoms with E-state index >= 15 is 0 Å². The summed E-state index contributed by atoms with van der Waals surface area (Å²) in [4.78, 5) is 0. The maximum atomic E-state index is 5.64. The van der Waals surface area contributed by atoms with E-state index in [1.807, 2.05) is 13.8 Å². The van der Waals surface area contributed by atoms with Gasteiger partial charge in [-0.25, -0.2) is 0 Å². The first kappa shape index (κ1) is 11.6. The van der Waals surface area contributed by atoms with Gasteiger partial charge >= 0.3 is 0 Å². The Morgan fingerprint density at radius 2 is 1.75 bits per heavy atom. The Labute approximate surface area is 97.6 Å². The SMILES string of the molecule is CCOC(OCC)C1CC1c1ccccc1. The van der Waals surface area contributed by atoms with Crippen molar-refractivity contribution in [1.29, 1.82) is 0 Å². The Kier molecular flexibility index (Phi) is 3.97. The number of ether oxygens (including phenoxy) is 2. The third-order valence-electron chi connectivity index (χ3n) is 3.08. The molecule has 0 spiro atoms. The van der Waals surface area contributed by atoms with E-state index in [1.165, 1.54) is 12.0 Å². The van der Waals surface area contributed by atoms with Gasteiger partial charge in [0.05, 0.1) is 0 Å². The maximum absolute atomic E-state index is 5.64. The van der Waals surface area contributed by atoms with Crippen molar-refractivity contribution in [3.8, 4) is 0 Å². The highest BCUT2D eigenvalue weighted by Crippen LogP contribution is 2.50. The molecule has 2 nitrogen and oxygen atoms in total. The largest absolute Gasteiger partial charge is 0.353 e. The van der Waals surface area contributed by atoms with Crippen LogP contribution >= 0.6 is 0 Å².